The van der Waals surface area contributed by atoms with Crippen molar-refractivity contribution < 1.29 is 14.3 Å². The summed E-state index contributed by atoms with van der Waals surface area (Å²) < 4.78 is 5.39. The molecule has 1 saturated heterocycles. The molecule has 2 amide bonds. The quantitative estimate of drug-likeness (QED) is 0.925. The van der Waals surface area contributed by atoms with Crippen LogP contribution < -0.4 is 5.32 Å². The topological polar surface area (TPSA) is 58.6 Å². The van der Waals surface area contributed by atoms with E-state index in [1.807, 2.05) is 54.6 Å². The molecule has 1 spiro atoms. The Labute approximate surface area is 140 Å². The molecule has 24 heavy (non-hydrogen) atoms. The molecule has 5 nitrogen and oxygen atoms in total. The number of amides is 2. The van der Waals surface area contributed by atoms with Crippen LogP contribution in [0.5, 0.6) is 0 Å². The van der Waals surface area contributed by atoms with Crippen LogP contribution in [0.15, 0.2) is 54.6 Å². The third-order valence-corrected chi connectivity index (χ3v) is 4.86. The first-order chi connectivity index (χ1) is 11.7. The van der Waals surface area contributed by atoms with E-state index in [2.05, 4.69) is 5.32 Å². The van der Waals surface area contributed by atoms with Crippen LogP contribution in [-0.4, -0.2) is 30.0 Å². The molecule has 0 bridgehead atoms. The second kappa shape index (κ2) is 5.67. The van der Waals surface area contributed by atoms with E-state index in [-0.39, 0.29) is 18.6 Å². The van der Waals surface area contributed by atoms with E-state index < -0.39 is 5.41 Å². The first kappa shape index (κ1) is 14.8. The summed E-state index contributed by atoms with van der Waals surface area (Å²) in [7, 11) is 0. The predicted octanol–water partition coefficient (Wildman–Crippen LogP) is 2.92. The highest BCUT2D eigenvalue weighted by Crippen LogP contribution is 2.44. The molecule has 0 aliphatic carbocycles. The lowest BCUT2D eigenvalue weighted by atomic mass is 9.81. The van der Waals surface area contributed by atoms with E-state index in [4.69, 9.17) is 4.74 Å². The monoisotopic (exact) mass is 322 g/mol. The van der Waals surface area contributed by atoms with Gasteiger partial charge in [0.15, 0.2) is 0 Å². The Morgan fingerprint density at radius 3 is 2.71 bits per heavy atom. The molecule has 2 heterocycles. The maximum Gasteiger partial charge on any atom is 0.410 e. The minimum absolute atomic E-state index is 0.0259. The Bertz CT molecular complexity index is 790. The minimum atomic E-state index is -0.637. The van der Waals surface area contributed by atoms with Crippen molar-refractivity contribution in [2.45, 2.75) is 18.4 Å². The zero-order valence-electron chi connectivity index (χ0n) is 13.2. The number of para-hydroxylation sites is 1. The van der Waals surface area contributed by atoms with Crippen LogP contribution in [0.3, 0.4) is 0 Å². The highest BCUT2D eigenvalue weighted by molar-refractivity contribution is 6.07. The molecule has 2 aliphatic rings. The normalized spacial score (nSPS) is 21.7. The molecule has 2 aromatic rings. The number of carbonyl (C=O) groups excluding carboxylic acids is 2. The maximum atomic E-state index is 12.5. The van der Waals surface area contributed by atoms with Crippen LogP contribution in [-0.2, 0) is 21.6 Å². The molecule has 0 aromatic heterocycles. The van der Waals surface area contributed by atoms with Crippen LogP contribution in [0.1, 0.15) is 17.5 Å². The lowest BCUT2D eigenvalue weighted by Crippen LogP contribution is -2.39. The smallest absolute Gasteiger partial charge is 0.410 e. The summed E-state index contributed by atoms with van der Waals surface area (Å²) in [6, 6.07) is 17.3. The van der Waals surface area contributed by atoms with Gasteiger partial charge in [-0.2, -0.15) is 0 Å². The second-order valence-corrected chi connectivity index (χ2v) is 6.29. The fraction of sp³-hybridized carbons (Fsp3) is 0.263. The molecule has 5 heteroatoms. The Kier molecular flexibility index (Phi) is 3.49. The Morgan fingerprint density at radius 2 is 1.88 bits per heavy atom. The van der Waals surface area contributed by atoms with Gasteiger partial charge in [-0.3, -0.25) is 4.79 Å². The molecule has 0 unspecified atom stereocenters. The van der Waals surface area contributed by atoms with E-state index in [9.17, 15) is 9.59 Å². The average molecular weight is 322 g/mol. The summed E-state index contributed by atoms with van der Waals surface area (Å²) in [6.07, 6.45) is 0.254. The molecule has 0 saturated carbocycles. The van der Waals surface area contributed by atoms with E-state index in [1.54, 1.807) is 4.90 Å². The summed E-state index contributed by atoms with van der Waals surface area (Å²) in [5.41, 5.74) is 2.14. The lowest BCUT2D eigenvalue weighted by molar-refractivity contribution is -0.120. The minimum Gasteiger partial charge on any atom is -0.445 e. The Hall–Kier alpha value is -2.82. The number of anilines is 1. The van der Waals surface area contributed by atoms with Gasteiger partial charge < -0.3 is 15.0 Å². The van der Waals surface area contributed by atoms with Gasteiger partial charge in [-0.25, -0.2) is 4.79 Å². The number of hydrogen-bond donors (Lipinski definition) is 1. The molecule has 0 radical (unpaired) electrons. The van der Waals surface area contributed by atoms with Crippen molar-refractivity contribution in [1.82, 2.24) is 4.90 Å². The third-order valence-electron chi connectivity index (χ3n) is 4.86. The Morgan fingerprint density at radius 1 is 1.12 bits per heavy atom. The molecule has 4 rings (SSSR count). The SMILES string of the molecule is O=C(OCc1ccccc1)N1CC[C@]2(C1)C(=O)Nc1ccccc12. The van der Waals surface area contributed by atoms with Gasteiger partial charge in [0.2, 0.25) is 5.91 Å². The molecule has 1 fully saturated rings. The fourth-order valence-corrected chi connectivity index (χ4v) is 3.56. The van der Waals surface area contributed by atoms with Gasteiger partial charge in [0.05, 0.1) is 5.41 Å². The van der Waals surface area contributed by atoms with Crippen LogP contribution in [0.2, 0.25) is 0 Å². The second-order valence-electron chi connectivity index (χ2n) is 6.29. The summed E-state index contributed by atoms with van der Waals surface area (Å²) in [4.78, 5) is 26.5. The predicted molar refractivity (Wildman–Crippen MR) is 89.6 cm³/mol. The number of carbonyl (C=O) groups is 2. The van der Waals surface area contributed by atoms with E-state index in [1.165, 1.54) is 0 Å². The zero-order chi connectivity index (χ0) is 16.6. The van der Waals surface area contributed by atoms with Gasteiger partial charge in [-0.1, -0.05) is 48.5 Å². The van der Waals surface area contributed by atoms with Gasteiger partial charge in [0.25, 0.3) is 0 Å². The van der Waals surface area contributed by atoms with Crippen molar-refractivity contribution >= 4 is 17.7 Å². The number of hydrogen-bond acceptors (Lipinski definition) is 3. The molecule has 2 aliphatic heterocycles. The van der Waals surface area contributed by atoms with E-state index >= 15 is 0 Å². The zero-order valence-corrected chi connectivity index (χ0v) is 13.2. The average Bonchev–Trinajstić information content (AvgIpc) is 3.18. The third kappa shape index (κ3) is 2.33. The molecular formula is C19H18N2O3. The first-order valence-corrected chi connectivity index (χ1v) is 8.06. The molecule has 1 N–H and O–H groups in total. The van der Waals surface area contributed by atoms with Gasteiger partial charge in [0, 0.05) is 18.8 Å². The standard InChI is InChI=1S/C19H18N2O3/c22-17-19(15-8-4-5-9-16(15)20-17)10-11-21(13-19)18(23)24-12-14-6-2-1-3-7-14/h1-9H,10-13H2,(H,20,22)/t19-/m1/s1. The number of benzene rings is 2. The summed E-state index contributed by atoms with van der Waals surface area (Å²) in [5.74, 6) is -0.0259. The van der Waals surface area contributed by atoms with E-state index in [0.29, 0.717) is 19.5 Å². The van der Waals surface area contributed by atoms with Crippen LogP contribution in [0.4, 0.5) is 10.5 Å². The van der Waals surface area contributed by atoms with Gasteiger partial charge in [-0.15, -0.1) is 0 Å². The number of nitrogens with zero attached hydrogens (tertiary/aromatic N) is 1. The maximum absolute atomic E-state index is 12.5. The number of nitrogens with one attached hydrogen (secondary N) is 1. The van der Waals surface area contributed by atoms with E-state index in [0.717, 1.165) is 16.8 Å². The highest BCUT2D eigenvalue weighted by Gasteiger charge is 2.52. The number of likely N-dealkylation sites (tertiary alicyclic amines) is 1. The number of fused-ring (bicyclic) bond motifs is 2. The van der Waals surface area contributed by atoms with Crippen LogP contribution in [0, 0.1) is 0 Å². The fourth-order valence-electron chi connectivity index (χ4n) is 3.56. The summed E-state index contributed by atoms with van der Waals surface area (Å²) in [6.45, 7) is 1.13. The van der Waals surface area contributed by atoms with Crippen molar-refractivity contribution in [2.75, 3.05) is 18.4 Å². The van der Waals surface area contributed by atoms with Gasteiger partial charge in [0.1, 0.15) is 6.61 Å². The summed E-state index contributed by atoms with van der Waals surface area (Å²) in [5, 5.41) is 2.93. The Balaban J connectivity index is 1.47. The van der Waals surface area contributed by atoms with Crippen molar-refractivity contribution in [2.24, 2.45) is 0 Å². The van der Waals surface area contributed by atoms with Crippen LogP contribution >= 0.6 is 0 Å². The van der Waals surface area contributed by atoms with Crippen LogP contribution in [0.25, 0.3) is 0 Å². The number of rotatable bonds is 2. The van der Waals surface area contributed by atoms with Crippen molar-refractivity contribution in [3.63, 3.8) is 0 Å². The largest absolute Gasteiger partial charge is 0.445 e. The summed E-state index contributed by atoms with van der Waals surface area (Å²) >= 11 is 0. The molecule has 2 aromatic carbocycles. The van der Waals surface area contributed by atoms with Gasteiger partial charge >= 0.3 is 6.09 Å². The van der Waals surface area contributed by atoms with Crippen molar-refractivity contribution in [1.29, 1.82) is 0 Å². The number of ether oxygens (including phenoxy) is 1. The molecule has 1 atom stereocenters. The molecule has 122 valence electrons. The first-order valence-electron chi connectivity index (χ1n) is 8.06. The van der Waals surface area contributed by atoms with Crippen molar-refractivity contribution in [3.8, 4) is 0 Å². The molecular weight excluding hydrogens is 304 g/mol. The highest BCUT2D eigenvalue weighted by atomic mass is 16.6. The van der Waals surface area contributed by atoms with Crippen molar-refractivity contribution in [3.05, 3.63) is 65.7 Å². The lowest BCUT2D eigenvalue weighted by Gasteiger charge is -2.22. The van der Waals surface area contributed by atoms with Gasteiger partial charge in [-0.05, 0) is 23.6 Å².